The van der Waals surface area contributed by atoms with Crippen LogP contribution in [0.2, 0.25) is 0 Å². The van der Waals surface area contributed by atoms with Crippen molar-refractivity contribution in [2.75, 3.05) is 26.7 Å². The molecule has 3 aromatic rings. The molecule has 5 amide bonds. The number of nitrogens with one attached hydrogen (secondary N) is 4. The van der Waals surface area contributed by atoms with Gasteiger partial charge in [-0.15, -0.1) is 0 Å². The number of nitrogens with zero attached hydrogens (tertiary/aromatic N) is 3. The van der Waals surface area contributed by atoms with Crippen LogP contribution in [0.5, 0.6) is 0 Å². The Labute approximate surface area is 323 Å². The van der Waals surface area contributed by atoms with Crippen LogP contribution in [0.3, 0.4) is 0 Å². The minimum Gasteiger partial charge on any atom is -0.453 e. The maximum absolute atomic E-state index is 14.5. The number of aryl methyl sites for hydroxylation is 1. The minimum atomic E-state index is -1.19. The van der Waals surface area contributed by atoms with E-state index in [1.165, 1.54) is 19.2 Å². The Balaban J connectivity index is 1.58. The van der Waals surface area contributed by atoms with Crippen molar-refractivity contribution in [3.05, 3.63) is 101 Å². The highest BCUT2D eigenvalue weighted by Crippen LogP contribution is 2.28. The van der Waals surface area contributed by atoms with Crippen LogP contribution >= 0.6 is 0 Å². The number of hydrogen-bond acceptors (Lipinski definition) is 8. The van der Waals surface area contributed by atoms with Crippen molar-refractivity contribution < 1.29 is 33.4 Å². The Kier molecular flexibility index (Phi) is 15.5. The maximum atomic E-state index is 14.5. The fourth-order valence-corrected chi connectivity index (χ4v) is 6.83. The first kappa shape index (κ1) is 42.7. The zero-order valence-corrected chi connectivity index (χ0v) is 32.7. The number of hydrazine groups is 1. The van der Waals surface area contributed by atoms with Gasteiger partial charge in [-0.3, -0.25) is 20.0 Å². The second-order valence-electron chi connectivity index (χ2n) is 15.2. The van der Waals surface area contributed by atoms with Crippen LogP contribution in [0, 0.1) is 30.0 Å². The van der Waals surface area contributed by atoms with Crippen molar-refractivity contribution in [2.24, 2.45) is 17.3 Å². The number of ether oxygens (including phenoxy) is 1. The summed E-state index contributed by atoms with van der Waals surface area (Å²) in [6.07, 6.45) is -0.814. The zero-order valence-electron chi connectivity index (χ0n) is 32.7. The van der Waals surface area contributed by atoms with Crippen LogP contribution in [-0.2, 0) is 33.8 Å². The summed E-state index contributed by atoms with van der Waals surface area (Å²) >= 11 is 0. The molecule has 0 aliphatic carbocycles. The molecule has 0 bridgehead atoms. The number of carbonyl (C=O) groups excluding carboxylic acids is 4. The summed E-state index contributed by atoms with van der Waals surface area (Å²) < 4.78 is 18.5. The van der Waals surface area contributed by atoms with E-state index in [9.17, 15) is 28.7 Å². The lowest BCUT2D eigenvalue weighted by molar-refractivity contribution is -0.132. The Morgan fingerprint density at radius 2 is 1.78 bits per heavy atom. The minimum absolute atomic E-state index is 0.0243. The van der Waals surface area contributed by atoms with Gasteiger partial charge in [-0.25, -0.2) is 19.0 Å². The van der Waals surface area contributed by atoms with E-state index < -0.39 is 41.4 Å². The number of aromatic nitrogens is 1. The first-order valence-corrected chi connectivity index (χ1v) is 18.8. The second-order valence-corrected chi connectivity index (χ2v) is 15.2. The number of carbonyl (C=O) groups is 4. The molecule has 2 heterocycles. The molecule has 0 saturated carbocycles. The first-order valence-electron chi connectivity index (χ1n) is 18.8. The first-order chi connectivity index (χ1) is 26.2. The van der Waals surface area contributed by atoms with E-state index in [2.05, 4.69) is 31.1 Å². The third-order valence-corrected chi connectivity index (χ3v) is 9.98. The van der Waals surface area contributed by atoms with Crippen molar-refractivity contribution in [3.8, 4) is 0 Å². The Bertz CT molecular complexity index is 1730. The van der Waals surface area contributed by atoms with Gasteiger partial charge in [0.1, 0.15) is 5.82 Å². The van der Waals surface area contributed by atoms with E-state index in [1.54, 1.807) is 22.0 Å². The van der Waals surface area contributed by atoms with E-state index in [0.29, 0.717) is 17.7 Å². The number of halogens is 1. The van der Waals surface area contributed by atoms with Crippen LogP contribution < -0.4 is 21.4 Å². The van der Waals surface area contributed by atoms with Gasteiger partial charge < -0.3 is 30.7 Å². The third-order valence-electron chi connectivity index (χ3n) is 9.98. The Hall–Kier alpha value is -5.08. The molecular formula is C41H56FN7O6. The number of aliphatic hydroxyl groups excluding tert-OH is 1. The van der Waals surface area contributed by atoms with E-state index in [1.807, 2.05) is 83.1 Å². The average molecular weight is 762 g/mol. The molecule has 2 aromatic carbocycles. The number of benzene rings is 2. The van der Waals surface area contributed by atoms with Crippen molar-refractivity contribution in [2.45, 2.75) is 85.2 Å². The van der Waals surface area contributed by atoms with Crippen molar-refractivity contribution in [3.63, 3.8) is 0 Å². The fraction of sp³-hybridized carbons (Fsp3) is 0.488. The normalized spacial score (nSPS) is 16.5. The molecule has 1 aromatic heterocycles. The molecule has 298 valence electrons. The zero-order chi connectivity index (χ0) is 40.1. The van der Waals surface area contributed by atoms with Gasteiger partial charge in [-0.2, -0.15) is 0 Å². The van der Waals surface area contributed by atoms with Crippen LogP contribution in [0.15, 0.2) is 72.8 Å². The smallest absolute Gasteiger partial charge is 0.406 e. The Morgan fingerprint density at radius 3 is 2.44 bits per heavy atom. The monoisotopic (exact) mass is 761 g/mol. The molecule has 4 rings (SSSR count). The highest BCUT2D eigenvalue weighted by molar-refractivity contribution is 5.83. The lowest BCUT2D eigenvalue weighted by Crippen LogP contribution is -2.56. The molecule has 55 heavy (non-hydrogen) atoms. The molecule has 5 unspecified atom stereocenters. The quantitative estimate of drug-likeness (QED) is 0.112. The number of hydrogen-bond donors (Lipinski definition) is 5. The van der Waals surface area contributed by atoms with Gasteiger partial charge in [0.15, 0.2) is 0 Å². The fourth-order valence-electron chi connectivity index (χ4n) is 6.83. The number of alkyl carbamates (subject to hydrolysis) is 1. The van der Waals surface area contributed by atoms with Crippen molar-refractivity contribution in [1.82, 2.24) is 36.3 Å². The third kappa shape index (κ3) is 13.0. The largest absolute Gasteiger partial charge is 0.453 e. The van der Waals surface area contributed by atoms with E-state index >= 15 is 0 Å². The maximum Gasteiger partial charge on any atom is 0.406 e. The molecular weight excluding hydrogens is 705 g/mol. The molecule has 13 nitrogen and oxygen atoms in total. The molecule has 1 aliphatic rings. The van der Waals surface area contributed by atoms with E-state index in [-0.39, 0.29) is 69.3 Å². The number of pyridine rings is 1. The number of aliphatic hydroxyl groups is 1. The lowest BCUT2D eigenvalue weighted by atomic mass is 9.83. The van der Waals surface area contributed by atoms with Crippen LogP contribution in [0.4, 0.5) is 14.0 Å². The summed E-state index contributed by atoms with van der Waals surface area (Å²) in [4.78, 5) is 59.0. The topological polar surface area (TPSA) is 165 Å². The number of urea groups is 1. The Morgan fingerprint density at radius 1 is 1.07 bits per heavy atom. The van der Waals surface area contributed by atoms with Crippen LogP contribution in [0.1, 0.15) is 63.1 Å². The van der Waals surface area contributed by atoms with Gasteiger partial charge >= 0.3 is 12.1 Å². The average Bonchev–Trinajstić information content (AvgIpc) is 3.49. The molecule has 0 radical (unpaired) electrons. The van der Waals surface area contributed by atoms with Gasteiger partial charge in [0, 0.05) is 38.3 Å². The number of amides is 5. The molecule has 0 spiro atoms. The summed E-state index contributed by atoms with van der Waals surface area (Å²) in [6, 6.07) is 19.4. The summed E-state index contributed by atoms with van der Waals surface area (Å²) in [5.74, 6) is -1.81. The van der Waals surface area contributed by atoms with Crippen LogP contribution in [-0.4, -0.2) is 88.9 Å². The summed E-state index contributed by atoms with van der Waals surface area (Å²) in [5, 5.41) is 22.2. The molecule has 1 fully saturated rings. The molecule has 5 N–H and O–H groups in total. The molecule has 5 atom stereocenters. The highest BCUT2D eigenvalue weighted by Gasteiger charge is 2.43. The van der Waals surface area contributed by atoms with Gasteiger partial charge in [0.05, 0.1) is 43.5 Å². The predicted octanol–water partition coefficient (Wildman–Crippen LogP) is 4.48. The highest BCUT2D eigenvalue weighted by atomic mass is 19.1. The van der Waals surface area contributed by atoms with Gasteiger partial charge in [-0.1, -0.05) is 82.6 Å². The summed E-state index contributed by atoms with van der Waals surface area (Å²) in [7, 11) is 1.26. The van der Waals surface area contributed by atoms with Gasteiger partial charge in [-0.05, 0) is 60.1 Å². The number of rotatable bonds is 19. The molecule has 1 saturated heterocycles. The van der Waals surface area contributed by atoms with Crippen molar-refractivity contribution >= 4 is 23.9 Å². The molecule has 1 aliphatic heterocycles. The summed E-state index contributed by atoms with van der Waals surface area (Å²) in [5.41, 5.74) is 5.36. The van der Waals surface area contributed by atoms with E-state index in [4.69, 9.17) is 0 Å². The summed E-state index contributed by atoms with van der Waals surface area (Å²) in [6.45, 7) is 10.3. The van der Waals surface area contributed by atoms with Crippen molar-refractivity contribution in [1.29, 1.82) is 0 Å². The van der Waals surface area contributed by atoms with Crippen LogP contribution in [0.25, 0.3) is 0 Å². The van der Waals surface area contributed by atoms with Gasteiger partial charge in [0.2, 0.25) is 11.8 Å². The predicted molar refractivity (Wildman–Crippen MR) is 206 cm³/mol. The number of methoxy groups -OCH3 is 1. The molecule has 14 heteroatoms. The SMILES string of the molecule is CCC(C)C(C(=O)NC(Cc1ccccc1)C(O)CN(Cc1ccc(F)cc1)NC(=O)CC(C)(C)CNC(=O)OC)C1CNC(=O)N1Cc1cccc(C)n1. The second kappa shape index (κ2) is 20.0. The standard InChI is InChI=1S/C41H56FN7O6/c1-7-27(2)37(34-22-43-39(53)49(34)24-32-15-11-12-28(3)45-32)38(52)46-33(20-29-13-9-8-10-14-29)35(50)25-48(23-30-16-18-31(42)19-17-30)47-36(51)21-41(4,5)26-44-40(54)55-6/h8-19,27,33-35,37,50H,7,20-26H2,1-6H3,(H,43,53)(H,44,54)(H,46,52)(H,47,51). The van der Waals surface area contributed by atoms with E-state index in [0.717, 1.165) is 11.3 Å². The van der Waals surface area contributed by atoms with Gasteiger partial charge in [0.25, 0.3) is 0 Å². The lowest BCUT2D eigenvalue weighted by Gasteiger charge is -2.36.